The largest absolute Gasteiger partial charge is 0.508 e. The van der Waals surface area contributed by atoms with Crippen molar-refractivity contribution in [2.24, 2.45) is 0 Å². The molecule has 0 spiro atoms. The summed E-state index contributed by atoms with van der Waals surface area (Å²) in [5, 5.41) is 11.9. The van der Waals surface area contributed by atoms with Gasteiger partial charge in [-0.05, 0) is 40.2 Å². The molecule has 0 unspecified atom stereocenters. The Morgan fingerprint density at radius 2 is 2.07 bits per heavy atom. The molecule has 5 heteroatoms. The van der Waals surface area contributed by atoms with Gasteiger partial charge in [0.05, 0.1) is 0 Å². The molecule has 0 saturated heterocycles. The molecule has 3 nitrogen and oxygen atoms in total. The molecule has 1 aromatic carbocycles. The second-order valence-corrected chi connectivity index (χ2v) is 4.60. The molecule has 0 amide bonds. The third kappa shape index (κ3) is 2.94. The molecular weight excluding hydrogens is 278 g/mol. The lowest BCUT2D eigenvalue weighted by molar-refractivity contribution is 0.305. The van der Waals surface area contributed by atoms with E-state index in [2.05, 4.69) is 20.9 Å². The molecule has 0 aliphatic rings. The van der Waals surface area contributed by atoms with E-state index in [1.807, 2.05) is 5.38 Å². The van der Waals surface area contributed by atoms with Gasteiger partial charge in [0.2, 0.25) is 0 Å². The predicted molar refractivity (Wildman–Crippen MR) is 62.3 cm³/mol. The van der Waals surface area contributed by atoms with Crippen molar-refractivity contribution in [2.45, 2.75) is 6.61 Å². The summed E-state index contributed by atoms with van der Waals surface area (Å²) in [6.07, 6.45) is 0. The zero-order valence-electron chi connectivity index (χ0n) is 7.68. The molecule has 0 fully saturated rings. The van der Waals surface area contributed by atoms with Crippen LogP contribution in [0.25, 0.3) is 0 Å². The van der Waals surface area contributed by atoms with Crippen LogP contribution >= 0.6 is 27.3 Å². The molecule has 1 heterocycles. The lowest BCUT2D eigenvalue weighted by Crippen LogP contribution is -1.93. The molecule has 0 aliphatic carbocycles. The Morgan fingerprint density at radius 1 is 1.33 bits per heavy atom. The third-order valence-electron chi connectivity index (χ3n) is 1.72. The summed E-state index contributed by atoms with van der Waals surface area (Å²) in [6.45, 7) is 0.445. The maximum atomic E-state index is 9.07. The quantitative estimate of drug-likeness (QED) is 0.942. The number of hydrogen-bond donors (Lipinski definition) is 1. The fourth-order valence-electron chi connectivity index (χ4n) is 1.04. The van der Waals surface area contributed by atoms with Gasteiger partial charge in [0.15, 0.2) is 0 Å². The van der Waals surface area contributed by atoms with Gasteiger partial charge in [0, 0.05) is 5.38 Å². The van der Waals surface area contributed by atoms with Gasteiger partial charge in [-0.2, -0.15) is 0 Å². The highest BCUT2D eigenvalue weighted by Crippen LogP contribution is 2.19. The highest BCUT2D eigenvalue weighted by atomic mass is 79.9. The van der Waals surface area contributed by atoms with E-state index in [0.29, 0.717) is 6.61 Å². The molecule has 0 atom stereocenters. The Hall–Kier alpha value is -1.07. The number of aromatic nitrogens is 1. The van der Waals surface area contributed by atoms with Crippen LogP contribution in [0.4, 0.5) is 0 Å². The zero-order chi connectivity index (χ0) is 10.7. The van der Waals surface area contributed by atoms with Gasteiger partial charge >= 0.3 is 0 Å². The number of hydrogen-bond acceptors (Lipinski definition) is 4. The number of aromatic hydroxyl groups is 1. The van der Waals surface area contributed by atoms with Gasteiger partial charge < -0.3 is 9.84 Å². The number of benzene rings is 1. The highest BCUT2D eigenvalue weighted by molar-refractivity contribution is 9.10. The number of halogens is 1. The van der Waals surface area contributed by atoms with Crippen molar-refractivity contribution in [3.05, 3.63) is 39.3 Å². The van der Waals surface area contributed by atoms with Crippen LogP contribution < -0.4 is 4.74 Å². The smallest absolute Gasteiger partial charge is 0.140 e. The first kappa shape index (κ1) is 10.4. The van der Waals surface area contributed by atoms with E-state index in [9.17, 15) is 0 Å². The fourth-order valence-corrected chi connectivity index (χ4v) is 2.22. The SMILES string of the molecule is Oc1ccc(OCc2nc(Br)cs2)cc1. The molecule has 1 N–H and O–H groups in total. The topological polar surface area (TPSA) is 42.4 Å². The second kappa shape index (κ2) is 4.63. The summed E-state index contributed by atoms with van der Waals surface area (Å²) >= 11 is 4.82. The van der Waals surface area contributed by atoms with Crippen molar-refractivity contribution in [2.75, 3.05) is 0 Å². The van der Waals surface area contributed by atoms with Crippen molar-refractivity contribution < 1.29 is 9.84 Å². The normalized spacial score (nSPS) is 10.2. The Bertz CT molecular complexity index is 441. The van der Waals surface area contributed by atoms with Gasteiger partial charge in [-0.25, -0.2) is 4.98 Å². The fraction of sp³-hybridized carbons (Fsp3) is 0.100. The summed E-state index contributed by atoms with van der Waals surface area (Å²) in [7, 11) is 0. The van der Waals surface area contributed by atoms with E-state index < -0.39 is 0 Å². The molecule has 0 saturated carbocycles. The molecular formula is C10H8BrNO2S. The number of thiazole rings is 1. The summed E-state index contributed by atoms with van der Waals surface area (Å²) in [5.74, 6) is 0.957. The van der Waals surface area contributed by atoms with E-state index in [-0.39, 0.29) is 5.75 Å². The lowest BCUT2D eigenvalue weighted by atomic mass is 10.3. The van der Waals surface area contributed by atoms with Gasteiger partial charge in [-0.15, -0.1) is 11.3 Å². The number of phenols is 1. The molecule has 0 aliphatic heterocycles. The van der Waals surface area contributed by atoms with Crippen LogP contribution in [0.5, 0.6) is 11.5 Å². The van der Waals surface area contributed by atoms with Crippen LogP contribution in [-0.2, 0) is 6.61 Å². The molecule has 78 valence electrons. The Morgan fingerprint density at radius 3 is 2.67 bits per heavy atom. The van der Waals surface area contributed by atoms with E-state index >= 15 is 0 Å². The van der Waals surface area contributed by atoms with Crippen LogP contribution in [0.1, 0.15) is 5.01 Å². The number of phenolic OH excluding ortho intramolecular Hbond substituents is 1. The van der Waals surface area contributed by atoms with Crippen LogP contribution in [0.3, 0.4) is 0 Å². The maximum absolute atomic E-state index is 9.07. The molecule has 1 aromatic heterocycles. The molecule has 15 heavy (non-hydrogen) atoms. The van der Waals surface area contributed by atoms with Crippen LogP contribution in [0, 0.1) is 0 Å². The monoisotopic (exact) mass is 285 g/mol. The van der Waals surface area contributed by atoms with E-state index in [0.717, 1.165) is 15.4 Å². The van der Waals surface area contributed by atoms with Gasteiger partial charge in [0.1, 0.15) is 27.7 Å². The molecule has 0 bridgehead atoms. The summed E-state index contributed by atoms with van der Waals surface area (Å²) in [6, 6.07) is 6.62. The van der Waals surface area contributed by atoms with Crippen molar-refractivity contribution >= 4 is 27.3 Å². The van der Waals surface area contributed by atoms with E-state index in [4.69, 9.17) is 9.84 Å². The standard InChI is InChI=1S/C10H8BrNO2S/c11-9-6-15-10(12-9)5-14-8-3-1-7(13)2-4-8/h1-4,6,13H,5H2. The van der Waals surface area contributed by atoms with Gasteiger partial charge in [-0.3, -0.25) is 0 Å². The summed E-state index contributed by atoms with van der Waals surface area (Å²) in [4.78, 5) is 4.20. The molecule has 2 aromatic rings. The average molecular weight is 286 g/mol. The van der Waals surface area contributed by atoms with Crippen molar-refractivity contribution in [1.82, 2.24) is 4.98 Å². The van der Waals surface area contributed by atoms with Gasteiger partial charge in [-0.1, -0.05) is 0 Å². The first-order valence-electron chi connectivity index (χ1n) is 4.26. The van der Waals surface area contributed by atoms with E-state index in [1.165, 1.54) is 11.3 Å². The minimum atomic E-state index is 0.236. The third-order valence-corrected chi connectivity index (χ3v) is 3.25. The van der Waals surface area contributed by atoms with Crippen LogP contribution in [0.15, 0.2) is 34.2 Å². The Kier molecular flexibility index (Phi) is 3.23. The molecule has 0 radical (unpaired) electrons. The van der Waals surface area contributed by atoms with Crippen LogP contribution in [-0.4, -0.2) is 10.1 Å². The van der Waals surface area contributed by atoms with Gasteiger partial charge in [0.25, 0.3) is 0 Å². The molecule has 2 rings (SSSR count). The van der Waals surface area contributed by atoms with Crippen molar-refractivity contribution in [3.63, 3.8) is 0 Å². The van der Waals surface area contributed by atoms with Crippen molar-refractivity contribution in [1.29, 1.82) is 0 Å². The number of rotatable bonds is 3. The zero-order valence-corrected chi connectivity index (χ0v) is 10.1. The van der Waals surface area contributed by atoms with Crippen molar-refractivity contribution in [3.8, 4) is 11.5 Å². The minimum Gasteiger partial charge on any atom is -0.508 e. The number of ether oxygens (including phenoxy) is 1. The average Bonchev–Trinajstić information content (AvgIpc) is 2.64. The summed E-state index contributed by atoms with van der Waals surface area (Å²) in [5.41, 5.74) is 0. The minimum absolute atomic E-state index is 0.236. The first-order chi connectivity index (χ1) is 7.24. The highest BCUT2D eigenvalue weighted by Gasteiger charge is 2.00. The second-order valence-electron chi connectivity index (χ2n) is 2.85. The Labute approximate surface area is 99.5 Å². The van der Waals surface area contributed by atoms with E-state index in [1.54, 1.807) is 24.3 Å². The van der Waals surface area contributed by atoms with Crippen LogP contribution in [0.2, 0.25) is 0 Å². The number of nitrogens with zero attached hydrogens (tertiary/aromatic N) is 1. The maximum Gasteiger partial charge on any atom is 0.140 e. The first-order valence-corrected chi connectivity index (χ1v) is 5.93. The predicted octanol–water partition coefficient (Wildman–Crippen LogP) is 3.19. The lowest BCUT2D eigenvalue weighted by Gasteiger charge is -2.03. The Balaban J connectivity index is 1.96. The summed E-state index contributed by atoms with van der Waals surface area (Å²) < 4.78 is 6.31.